The van der Waals surface area contributed by atoms with Crippen LogP contribution >= 0.6 is 11.6 Å². The van der Waals surface area contributed by atoms with Crippen LogP contribution < -0.4 is 5.32 Å². The molecule has 1 aromatic carbocycles. The van der Waals surface area contributed by atoms with Crippen molar-refractivity contribution >= 4 is 23.4 Å². The largest absolute Gasteiger partial charge is 0.340 e. The van der Waals surface area contributed by atoms with Gasteiger partial charge in [0.05, 0.1) is 6.04 Å². The summed E-state index contributed by atoms with van der Waals surface area (Å²) in [7, 11) is 0. The highest BCUT2D eigenvalue weighted by molar-refractivity contribution is 6.30. The molecule has 1 N–H and O–H groups in total. The average molecular weight is 350 g/mol. The number of amides is 2. The molecule has 5 nitrogen and oxygen atoms in total. The van der Waals surface area contributed by atoms with Gasteiger partial charge in [-0.25, -0.2) is 0 Å². The monoisotopic (exact) mass is 349 g/mol. The molecular weight excluding hydrogens is 326 g/mol. The molecule has 3 rings (SSSR count). The van der Waals surface area contributed by atoms with Gasteiger partial charge in [0.25, 0.3) is 5.91 Å². The van der Waals surface area contributed by atoms with Crippen molar-refractivity contribution < 1.29 is 9.59 Å². The molecule has 0 bridgehead atoms. The van der Waals surface area contributed by atoms with Crippen LogP contribution in [0.1, 0.15) is 36.0 Å². The lowest BCUT2D eigenvalue weighted by Gasteiger charge is -2.29. The molecule has 0 aliphatic carbocycles. The third-order valence-corrected chi connectivity index (χ3v) is 5.01. The number of halogens is 1. The van der Waals surface area contributed by atoms with Crippen molar-refractivity contribution in [3.8, 4) is 0 Å². The number of hydrogen-bond donors (Lipinski definition) is 1. The highest BCUT2D eigenvalue weighted by Crippen LogP contribution is 2.16. The Kier molecular flexibility index (Phi) is 5.74. The number of nitrogens with zero attached hydrogens (tertiary/aromatic N) is 2. The number of benzene rings is 1. The number of rotatable bonds is 2. The van der Waals surface area contributed by atoms with Crippen molar-refractivity contribution in [2.45, 2.75) is 31.7 Å². The molecule has 2 aliphatic rings. The van der Waals surface area contributed by atoms with E-state index in [2.05, 4.69) is 5.32 Å². The maximum absolute atomic E-state index is 12.6. The van der Waals surface area contributed by atoms with Crippen molar-refractivity contribution in [3.63, 3.8) is 0 Å². The van der Waals surface area contributed by atoms with Gasteiger partial charge in [-0.15, -0.1) is 0 Å². The Morgan fingerprint density at radius 2 is 1.83 bits per heavy atom. The Labute approximate surface area is 147 Å². The molecule has 2 heterocycles. The lowest BCUT2D eigenvalue weighted by molar-refractivity contribution is -0.133. The van der Waals surface area contributed by atoms with Gasteiger partial charge >= 0.3 is 0 Å². The zero-order chi connectivity index (χ0) is 16.9. The van der Waals surface area contributed by atoms with Crippen LogP contribution in [0.4, 0.5) is 0 Å². The second kappa shape index (κ2) is 7.99. The summed E-state index contributed by atoms with van der Waals surface area (Å²) in [5.41, 5.74) is 0.608. The van der Waals surface area contributed by atoms with Crippen LogP contribution in [0.3, 0.4) is 0 Å². The van der Waals surface area contributed by atoms with Gasteiger partial charge in [-0.05, 0) is 44.0 Å². The number of piperidine rings is 1. The molecule has 1 aromatic rings. The Morgan fingerprint density at radius 3 is 2.58 bits per heavy atom. The molecule has 2 aliphatic heterocycles. The fourth-order valence-corrected chi connectivity index (χ4v) is 3.62. The molecule has 24 heavy (non-hydrogen) atoms. The molecule has 130 valence electrons. The normalized spacial score (nSPS) is 22.1. The third kappa shape index (κ3) is 4.08. The van der Waals surface area contributed by atoms with Gasteiger partial charge in [-0.1, -0.05) is 24.1 Å². The van der Waals surface area contributed by atoms with Gasteiger partial charge in [-0.3, -0.25) is 9.59 Å². The summed E-state index contributed by atoms with van der Waals surface area (Å²) in [6, 6.07) is 6.99. The van der Waals surface area contributed by atoms with Gasteiger partial charge in [-0.2, -0.15) is 0 Å². The summed E-state index contributed by atoms with van der Waals surface area (Å²) >= 11 is 5.98. The topological polar surface area (TPSA) is 52.7 Å². The van der Waals surface area contributed by atoms with E-state index in [4.69, 9.17) is 11.6 Å². The highest BCUT2D eigenvalue weighted by atomic mass is 35.5. The first-order valence-electron chi connectivity index (χ1n) is 8.72. The smallest absolute Gasteiger partial charge is 0.253 e. The first kappa shape index (κ1) is 17.2. The van der Waals surface area contributed by atoms with E-state index >= 15 is 0 Å². The van der Waals surface area contributed by atoms with Gasteiger partial charge in [0, 0.05) is 36.8 Å². The minimum absolute atomic E-state index is 0.0115. The van der Waals surface area contributed by atoms with E-state index < -0.39 is 0 Å². The molecular formula is C18H24ClN3O2. The molecule has 0 aromatic heterocycles. The first-order chi connectivity index (χ1) is 11.6. The average Bonchev–Trinajstić information content (AvgIpc) is 2.87. The number of carbonyl (C=O) groups excluding carboxylic acids is 2. The molecule has 2 amide bonds. The Morgan fingerprint density at radius 1 is 1.04 bits per heavy atom. The van der Waals surface area contributed by atoms with Crippen LogP contribution in [0, 0.1) is 0 Å². The predicted molar refractivity (Wildman–Crippen MR) is 94.2 cm³/mol. The van der Waals surface area contributed by atoms with E-state index in [1.165, 1.54) is 0 Å². The third-order valence-electron chi connectivity index (χ3n) is 4.77. The van der Waals surface area contributed by atoms with Crippen LogP contribution in [0.2, 0.25) is 5.02 Å². The maximum Gasteiger partial charge on any atom is 0.253 e. The van der Waals surface area contributed by atoms with E-state index in [1.54, 1.807) is 24.3 Å². The Bertz CT molecular complexity index is 602. The van der Waals surface area contributed by atoms with E-state index in [9.17, 15) is 9.59 Å². The zero-order valence-corrected chi connectivity index (χ0v) is 14.6. The highest BCUT2D eigenvalue weighted by Gasteiger charge is 2.28. The molecule has 0 spiro atoms. The fraction of sp³-hybridized carbons (Fsp3) is 0.556. The van der Waals surface area contributed by atoms with Crippen molar-refractivity contribution in [1.82, 2.24) is 15.1 Å². The van der Waals surface area contributed by atoms with Crippen LogP contribution in [0.5, 0.6) is 0 Å². The van der Waals surface area contributed by atoms with Gasteiger partial charge in [0.2, 0.25) is 5.91 Å². The quantitative estimate of drug-likeness (QED) is 0.890. The standard InChI is InChI=1S/C18H24ClN3O2/c19-15-6-3-5-14(13-15)17(23)21-9-4-10-22(12-11-21)18(24)16-7-1-2-8-20-16/h3,5-6,13,16,20H,1-2,4,7-12H2/t16-/m0/s1. The second-order valence-electron chi connectivity index (χ2n) is 6.48. The van der Waals surface area contributed by atoms with Crippen LogP contribution in [-0.2, 0) is 4.79 Å². The van der Waals surface area contributed by atoms with Crippen LogP contribution in [0.15, 0.2) is 24.3 Å². The Balaban J connectivity index is 1.60. The number of hydrogen-bond acceptors (Lipinski definition) is 3. The summed E-state index contributed by atoms with van der Waals surface area (Å²) in [6.07, 6.45) is 3.98. The lowest BCUT2D eigenvalue weighted by atomic mass is 10.0. The lowest BCUT2D eigenvalue weighted by Crippen LogP contribution is -2.49. The molecule has 0 radical (unpaired) electrons. The van der Waals surface area contributed by atoms with Crippen molar-refractivity contribution in [1.29, 1.82) is 0 Å². The summed E-state index contributed by atoms with van der Waals surface area (Å²) in [4.78, 5) is 29.0. The van der Waals surface area contributed by atoms with Crippen LogP contribution in [-0.4, -0.2) is 60.4 Å². The van der Waals surface area contributed by atoms with Crippen molar-refractivity contribution in [2.75, 3.05) is 32.7 Å². The molecule has 2 fully saturated rings. The molecule has 2 saturated heterocycles. The Hall–Kier alpha value is -1.59. The van der Waals surface area contributed by atoms with E-state index in [0.717, 1.165) is 38.8 Å². The SMILES string of the molecule is O=C(c1cccc(Cl)c1)N1CCCN(C(=O)[C@@H]2CCCCN2)CC1. The summed E-state index contributed by atoms with van der Waals surface area (Å²) in [5, 5.41) is 3.88. The van der Waals surface area contributed by atoms with Gasteiger partial charge < -0.3 is 15.1 Å². The van der Waals surface area contributed by atoms with E-state index in [0.29, 0.717) is 30.2 Å². The summed E-state index contributed by atoms with van der Waals surface area (Å²) in [6.45, 7) is 3.49. The second-order valence-corrected chi connectivity index (χ2v) is 6.92. The van der Waals surface area contributed by atoms with Gasteiger partial charge in [0.1, 0.15) is 0 Å². The molecule has 0 unspecified atom stereocenters. The molecule has 1 atom stereocenters. The minimum atomic E-state index is -0.0473. The van der Waals surface area contributed by atoms with Crippen LogP contribution in [0.25, 0.3) is 0 Å². The molecule has 0 saturated carbocycles. The summed E-state index contributed by atoms with van der Waals surface area (Å²) in [5.74, 6) is 0.175. The van der Waals surface area contributed by atoms with E-state index in [1.807, 2.05) is 9.80 Å². The van der Waals surface area contributed by atoms with Gasteiger partial charge in [0.15, 0.2) is 0 Å². The number of nitrogens with one attached hydrogen (secondary N) is 1. The zero-order valence-electron chi connectivity index (χ0n) is 13.8. The van der Waals surface area contributed by atoms with E-state index in [-0.39, 0.29) is 17.9 Å². The first-order valence-corrected chi connectivity index (χ1v) is 9.10. The number of carbonyl (C=O) groups is 2. The molecule has 6 heteroatoms. The fourth-order valence-electron chi connectivity index (χ4n) is 3.43. The van der Waals surface area contributed by atoms with Crippen molar-refractivity contribution in [3.05, 3.63) is 34.9 Å². The predicted octanol–water partition coefficient (Wildman–Crippen LogP) is 2.16. The summed E-state index contributed by atoms with van der Waals surface area (Å²) < 4.78 is 0. The van der Waals surface area contributed by atoms with Crippen molar-refractivity contribution in [2.24, 2.45) is 0 Å². The minimum Gasteiger partial charge on any atom is -0.340 e. The maximum atomic E-state index is 12.6.